The minimum atomic E-state index is -0.669. The van der Waals surface area contributed by atoms with Gasteiger partial charge in [-0.1, -0.05) is 51.7 Å². The van der Waals surface area contributed by atoms with Gasteiger partial charge in [-0.15, -0.1) is 11.8 Å². The quantitative estimate of drug-likeness (QED) is 0.209. The van der Waals surface area contributed by atoms with E-state index >= 15 is 0 Å². The number of ether oxygens (including phenoxy) is 2. The highest BCUT2D eigenvalue weighted by atomic mass is 32.2. The maximum atomic E-state index is 11.5. The van der Waals surface area contributed by atoms with Crippen LogP contribution in [0.25, 0.3) is 0 Å². The van der Waals surface area contributed by atoms with Gasteiger partial charge in [0.15, 0.2) is 0 Å². The van der Waals surface area contributed by atoms with Gasteiger partial charge in [-0.05, 0) is 30.9 Å². The number of carbonyl (C=O) groups excluding carboxylic acids is 2. The zero-order valence-corrected chi connectivity index (χ0v) is 20.3. The number of hydrogen-bond donors (Lipinski definition) is 2. The van der Waals surface area contributed by atoms with Crippen LogP contribution in [0.2, 0.25) is 0 Å². The van der Waals surface area contributed by atoms with Crippen molar-refractivity contribution in [2.24, 2.45) is 11.8 Å². The number of carbonyl (C=O) groups is 2. The van der Waals surface area contributed by atoms with Gasteiger partial charge in [0.1, 0.15) is 5.76 Å². The molecule has 0 aliphatic heterocycles. The van der Waals surface area contributed by atoms with Crippen LogP contribution in [0.3, 0.4) is 0 Å². The Balaban J connectivity index is 2.67. The smallest absolute Gasteiger partial charge is 0.307 e. The molecule has 0 amide bonds. The Kier molecular flexibility index (Phi) is 13.8. The maximum absolute atomic E-state index is 11.5. The van der Waals surface area contributed by atoms with E-state index in [9.17, 15) is 19.8 Å². The first-order valence-corrected chi connectivity index (χ1v) is 12.4. The Morgan fingerprint density at radius 1 is 1.26 bits per heavy atom. The van der Waals surface area contributed by atoms with Crippen molar-refractivity contribution in [2.75, 3.05) is 12.9 Å². The first kappa shape index (κ1) is 27.7. The molecule has 1 aliphatic rings. The molecule has 6 nitrogen and oxygen atoms in total. The molecule has 0 bridgehead atoms. The number of methoxy groups -OCH3 is 1. The van der Waals surface area contributed by atoms with E-state index in [2.05, 4.69) is 18.6 Å². The summed E-state index contributed by atoms with van der Waals surface area (Å²) in [6, 6.07) is 0. The Morgan fingerprint density at radius 2 is 2.00 bits per heavy atom. The third-order valence-electron chi connectivity index (χ3n) is 5.40. The van der Waals surface area contributed by atoms with E-state index in [1.165, 1.54) is 14.0 Å². The lowest BCUT2D eigenvalue weighted by molar-refractivity contribution is -0.140. The van der Waals surface area contributed by atoms with Crippen LogP contribution < -0.4 is 0 Å². The number of thioether (sulfide) groups is 1. The van der Waals surface area contributed by atoms with Gasteiger partial charge in [0.25, 0.3) is 0 Å². The molecule has 0 saturated heterocycles. The van der Waals surface area contributed by atoms with Gasteiger partial charge in [-0.3, -0.25) is 9.59 Å². The molecule has 0 saturated carbocycles. The van der Waals surface area contributed by atoms with Crippen LogP contribution in [0, 0.1) is 11.8 Å². The first-order valence-electron chi connectivity index (χ1n) is 11.4. The molecule has 2 N–H and O–H groups in total. The van der Waals surface area contributed by atoms with Crippen molar-refractivity contribution in [3.8, 4) is 0 Å². The van der Waals surface area contributed by atoms with Crippen molar-refractivity contribution in [1.29, 1.82) is 0 Å². The molecule has 178 valence electrons. The van der Waals surface area contributed by atoms with E-state index in [-0.39, 0.29) is 11.9 Å². The van der Waals surface area contributed by atoms with Crippen LogP contribution in [0.5, 0.6) is 0 Å². The molecule has 0 spiro atoms. The number of esters is 2. The largest absolute Gasteiger partial charge is 0.469 e. The highest BCUT2D eigenvalue weighted by Gasteiger charge is 2.34. The molecule has 7 heteroatoms. The molecule has 0 aromatic heterocycles. The highest BCUT2D eigenvalue weighted by molar-refractivity contribution is 8.03. The molecule has 0 radical (unpaired) electrons. The fourth-order valence-electron chi connectivity index (χ4n) is 3.68. The maximum Gasteiger partial charge on any atom is 0.307 e. The van der Waals surface area contributed by atoms with Crippen molar-refractivity contribution in [2.45, 2.75) is 90.8 Å². The molecule has 0 aromatic rings. The monoisotopic (exact) mass is 456 g/mol. The topological polar surface area (TPSA) is 93.1 Å². The second kappa shape index (κ2) is 15.5. The van der Waals surface area contributed by atoms with Crippen molar-refractivity contribution >= 4 is 23.7 Å². The average Bonchev–Trinajstić information content (AvgIpc) is 3.00. The zero-order chi connectivity index (χ0) is 23.2. The number of rotatable bonds is 15. The van der Waals surface area contributed by atoms with Crippen LogP contribution in [0.1, 0.15) is 78.6 Å². The summed E-state index contributed by atoms with van der Waals surface area (Å²) >= 11 is 1.58. The number of hydrogen-bond acceptors (Lipinski definition) is 7. The standard InChI is InChI=1S/C24H40O6S/c1-5-6-10-17(2)15-19(26)12-13-20-21(27)16-22(30-18(3)25)24(20)31-14-9-7-8-11-23(28)29-4/h12-13,17,19-21,26-27H,5-11,14-16H2,1-4H3/b13-12+/t17-,19-,20+,21-/m1/s1. The van der Waals surface area contributed by atoms with E-state index < -0.39 is 18.2 Å². The fourth-order valence-corrected chi connectivity index (χ4v) is 4.96. The second-order valence-electron chi connectivity index (χ2n) is 8.35. The molecule has 0 unspecified atom stereocenters. The molecular weight excluding hydrogens is 416 g/mol. The molecular formula is C24H40O6S. The molecule has 1 aliphatic carbocycles. The predicted molar refractivity (Wildman–Crippen MR) is 124 cm³/mol. The summed E-state index contributed by atoms with van der Waals surface area (Å²) in [5, 5.41) is 20.9. The van der Waals surface area contributed by atoms with Gasteiger partial charge in [0.2, 0.25) is 0 Å². The minimum Gasteiger partial charge on any atom is -0.469 e. The molecule has 1 rings (SSSR count). The van der Waals surface area contributed by atoms with Crippen molar-refractivity contribution in [3.05, 3.63) is 22.8 Å². The summed E-state index contributed by atoms with van der Waals surface area (Å²) in [7, 11) is 1.39. The normalized spacial score (nSPS) is 20.8. The Bertz CT molecular complexity index is 615. The van der Waals surface area contributed by atoms with Crippen molar-refractivity contribution in [3.63, 3.8) is 0 Å². The summed E-state index contributed by atoms with van der Waals surface area (Å²) in [5.41, 5.74) is 0. The van der Waals surface area contributed by atoms with Crippen LogP contribution in [0.4, 0.5) is 0 Å². The van der Waals surface area contributed by atoms with E-state index in [1.54, 1.807) is 17.8 Å². The summed E-state index contributed by atoms with van der Waals surface area (Å²) < 4.78 is 10.0. The third-order valence-corrected chi connectivity index (χ3v) is 6.70. The van der Waals surface area contributed by atoms with Crippen LogP contribution in [0.15, 0.2) is 22.8 Å². The van der Waals surface area contributed by atoms with E-state index in [0.29, 0.717) is 30.9 Å². The van der Waals surface area contributed by atoms with Gasteiger partial charge >= 0.3 is 11.9 Å². The van der Waals surface area contributed by atoms with Crippen LogP contribution >= 0.6 is 11.8 Å². The van der Waals surface area contributed by atoms with Gasteiger partial charge in [-0.2, -0.15) is 0 Å². The number of aliphatic hydroxyl groups is 2. The van der Waals surface area contributed by atoms with Crippen molar-refractivity contribution in [1.82, 2.24) is 0 Å². The summed E-state index contributed by atoms with van der Waals surface area (Å²) in [6.45, 7) is 5.67. The van der Waals surface area contributed by atoms with Crippen molar-refractivity contribution < 1.29 is 29.3 Å². The van der Waals surface area contributed by atoms with Gasteiger partial charge in [-0.25, -0.2) is 0 Å². The number of aliphatic hydroxyl groups excluding tert-OH is 2. The van der Waals surface area contributed by atoms with Gasteiger partial charge < -0.3 is 19.7 Å². The lowest BCUT2D eigenvalue weighted by Gasteiger charge is -2.17. The summed E-state index contributed by atoms with van der Waals surface area (Å²) in [6.07, 6.45) is 9.80. The van der Waals surface area contributed by atoms with Crippen LogP contribution in [-0.4, -0.2) is 47.2 Å². The fraction of sp³-hybridized carbons (Fsp3) is 0.750. The van der Waals surface area contributed by atoms with Gasteiger partial charge in [0, 0.05) is 30.6 Å². The van der Waals surface area contributed by atoms with E-state index in [4.69, 9.17) is 4.74 Å². The molecule has 4 atom stereocenters. The molecule has 0 aromatic carbocycles. The van der Waals surface area contributed by atoms with Gasteiger partial charge in [0.05, 0.1) is 19.3 Å². The highest BCUT2D eigenvalue weighted by Crippen LogP contribution is 2.41. The average molecular weight is 457 g/mol. The first-order chi connectivity index (χ1) is 14.8. The Morgan fingerprint density at radius 3 is 2.65 bits per heavy atom. The van der Waals surface area contributed by atoms with E-state index in [1.807, 2.05) is 6.08 Å². The molecule has 0 fully saturated rings. The summed E-state index contributed by atoms with van der Waals surface area (Å²) in [4.78, 5) is 23.5. The zero-order valence-electron chi connectivity index (χ0n) is 19.5. The Labute approximate surface area is 191 Å². The predicted octanol–water partition coefficient (Wildman–Crippen LogP) is 4.74. The summed E-state index contributed by atoms with van der Waals surface area (Å²) in [5.74, 6) is 0.899. The Hall–Kier alpha value is -1.31. The second-order valence-corrected chi connectivity index (χ2v) is 9.49. The minimum absolute atomic E-state index is 0.195. The van der Waals surface area contributed by atoms with Crippen LogP contribution in [-0.2, 0) is 19.1 Å². The molecule has 0 heterocycles. The lowest BCUT2D eigenvalue weighted by atomic mass is 9.96. The number of unbranched alkanes of at least 4 members (excludes halogenated alkanes) is 3. The SMILES string of the molecule is CCCC[C@@H](C)C[C@H](O)/C=C/[C@@H]1C(SCCCCCC(=O)OC)=C(OC(C)=O)C[C@H]1O. The van der Waals surface area contributed by atoms with E-state index in [0.717, 1.165) is 49.2 Å². The lowest BCUT2D eigenvalue weighted by Crippen LogP contribution is -2.15. The molecule has 31 heavy (non-hydrogen) atoms. The third kappa shape index (κ3) is 11.2.